The number of esters is 1. The number of thiophene rings is 1. The summed E-state index contributed by atoms with van der Waals surface area (Å²) in [6.07, 6.45) is 2.88. The van der Waals surface area contributed by atoms with Gasteiger partial charge in [0.15, 0.2) is 0 Å². The summed E-state index contributed by atoms with van der Waals surface area (Å²) >= 11 is 1.24. The molecule has 0 unspecified atom stereocenters. The molecule has 0 N–H and O–H groups in total. The minimum Gasteiger partial charge on any atom is -0.466 e. The molecule has 1 aliphatic heterocycles. The van der Waals surface area contributed by atoms with E-state index in [4.69, 9.17) is 4.74 Å². The fourth-order valence-electron chi connectivity index (χ4n) is 3.60. The molecule has 0 aliphatic carbocycles. The molecule has 1 fully saturated rings. The van der Waals surface area contributed by atoms with E-state index >= 15 is 0 Å². The summed E-state index contributed by atoms with van der Waals surface area (Å²) in [6.45, 7) is 5.07. The molecule has 0 saturated carbocycles. The van der Waals surface area contributed by atoms with Crippen molar-refractivity contribution < 1.29 is 14.3 Å². The Morgan fingerprint density at radius 3 is 2.79 bits per heavy atom. The van der Waals surface area contributed by atoms with Crippen LogP contribution in [0.2, 0.25) is 0 Å². The van der Waals surface area contributed by atoms with Gasteiger partial charge >= 0.3 is 5.97 Å². The van der Waals surface area contributed by atoms with Crippen molar-refractivity contribution in [2.75, 3.05) is 19.7 Å². The van der Waals surface area contributed by atoms with Gasteiger partial charge in [-0.1, -0.05) is 6.07 Å². The third-order valence-corrected chi connectivity index (χ3v) is 6.16. The molecule has 1 aliphatic rings. The summed E-state index contributed by atoms with van der Waals surface area (Å²) in [5.41, 5.74) is 1.35. The van der Waals surface area contributed by atoms with Crippen LogP contribution in [0.25, 0.3) is 15.9 Å². The van der Waals surface area contributed by atoms with Crippen LogP contribution in [0.15, 0.2) is 29.2 Å². The predicted molar refractivity (Wildman–Crippen MR) is 107 cm³/mol. The number of aromatic nitrogens is 2. The molecule has 28 heavy (non-hydrogen) atoms. The van der Waals surface area contributed by atoms with E-state index in [0.717, 1.165) is 5.56 Å². The molecular formula is C20H21N3O4S. The molecule has 0 bridgehead atoms. The van der Waals surface area contributed by atoms with Gasteiger partial charge in [-0.25, -0.2) is 4.98 Å². The Bertz CT molecular complexity index is 1130. The number of nitrogens with zero attached hydrogens (tertiary/aromatic N) is 3. The Hall–Kier alpha value is -2.74. The number of hydrogen-bond acceptors (Lipinski definition) is 6. The normalized spacial score (nSPS) is 15.3. The first kappa shape index (κ1) is 18.6. The van der Waals surface area contributed by atoms with Gasteiger partial charge in [-0.05, 0) is 44.4 Å². The van der Waals surface area contributed by atoms with Gasteiger partial charge in [-0.3, -0.25) is 18.8 Å². The minimum absolute atomic E-state index is 0.115. The summed E-state index contributed by atoms with van der Waals surface area (Å²) in [5, 5.41) is 0.456. The highest BCUT2D eigenvalue weighted by Gasteiger charge is 2.29. The number of carbonyl (C=O) groups excluding carboxylic acids is 2. The van der Waals surface area contributed by atoms with Crippen LogP contribution in [0.1, 0.15) is 35.0 Å². The molecule has 3 aromatic heterocycles. The maximum Gasteiger partial charge on any atom is 0.309 e. The number of carbonyl (C=O) groups is 2. The fourth-order valence-corrected chi connectivity index (χ4v) is 4.59. The fraction of sp³-hybridized carbons (Fsp3) is 0.400. The summed E-state index contributed by atoms with van der Waals surface area (Å²) < 4.78 is 6.59. The van der Waals surface area contributed by atoms with E-state index in [1.807, 2.05) is 19.1 Å². The Labute approximate surface area is 165 Å². The highest BCUT2D eigenvalue weighted by Crippen LogP contribution is 2.26. The van der Waals surface area contributed by atoms with Crippen molar-refractivity contribution in [3.63, 3.8) is 0 Å². The molecule has 4 heterocycles. The molecule has 4 rings (SSSR count). The van der Waals surface area contributed by atoms with Gasteiger partial charge in [-0.2, -0.15) is 0 Å². The number of amides is 1. The Balaban J connectivity index is 1.60. The van der Waals surface area contributed by atoms with Crippen molar-refractivity contribution in [1.82, 2.24) is 14.3 Å². The van der Waals surface area contributed by atoms with Crippen LogP contribution in [0, 0.1) is 12.8 Å². The molecule has 0 spiro atoms. The second-order valence-corrected chi connectivity index (χ2v) is 7.98. The van der Waals surface area contributed by atoms with Crippen LogP contribution in [-0.2, 0) is 9.53 Å². The third-order valence-electron chi connectivity index (χ3n) is 5.14. The smallest absolute Gasteiger partial charge is 0.309 e. The summed E-state index contributed by atoms with van der Waals surface area (Å²) in [6, 6.07) is 5.36. The number of rotatable bonds is 3. The Morgan fingerprint density at radius 1 is 1.32 bits per heavy atom. The molecule has 0 radical (unpaired) electrons. The number of fused-ring (bicyclic) bond motifs is 2. The lowest BCUT2D eigenvalue weighted by Crippen LogP contribution is -2.40. The van der Waals surface area contributed by atoms with E-state index in [0.29, 0.717) is 53.3 Å². The van der Waals surface area contributed by atoms with Crippen LogP contribution >= 0.6 is 11.3 Å². The molecule has 7 nitrogen and oxygen atoms in total. The van der Waals surface area contributed by atoms with E-state index in [9.17, 15) is 14.4 Å². The molecule has 0 aromatic carbocycles. The first-order valence-corrected chi connectivity index (χ1v) is 10.2. The topological polar surface area (TPSA) is 81.0 Å². The van der Waals surface area contributed by atoms with Crippen molar-refractivity contribution in [1.29, 1.82) is 0 Å². The van der Waals surface area contributed by atoms with Crippen molar-refractivity contribution in [3.8, 4) is 0 Å². The average molecular weight is 399 g/mol. The van der Waals surface area contributed by atoms with Crippen LogP contribution < -0.4 is 5.56 Å². The van der Waals surface area contributed by atoms with Crippen molar-refractivity contribution in [2.24, 2.45) is 5.92 Å². The molecule has 8 heteroatoms. The zero-order valence-corrected chi connectivity index (χ0v) is 16.6. The van der Waals surface area contributed by atoms with Gasteiger partial charge in [0, 0.05) is 19.3 Å². The lowest BCUT2D eigenvalue weighted by atomic mass is 9.97. The number of hydrogen-bond donors (Lipinski definition) is 0. The largest absolute Gasteiger partial charge is 0.466 e. The van der Waals surface area contributed by atoms with Crippen LogP contribution in [0.5, 0.6) is 0 Å². The molecular weight excluding hydrogens is 378 g/mol. The quantitative estimate of drug-likeness (QED) is 0.633. The summed E-state index contributed by atoms with van der Waals surface area (Å²) in [5.74, 6) is -0.447. The summed E-state index contributed by atoms with van der Waals surface area (Å²) in [7, 11) is 0. The number of piperidine rings is 1. The van der Waals surface area contributed by atoms with E-state index in [-0.39, 0.29) is 23.4 Å². The zero-order chi connectivity index (χ0) is 19.8. The molecule has 0 atom stereocenters. The first-order chi connectivity index (χ1) is 13.5. The number of pyridine rings is 1. The van der Waals surface area contributed by atoms with Gasteiger partial charge in [0.25, 0.3) is 11.5 Å². The van der Waals surface area contributed by atoms with Crippen LogP contribution in [-0.4, -0.2) is 45.9 Å². The lowest BCUT2D eigenvalue weighted by Gasteiger charge is -2.30. The van der Waals surface area contributed by atoms with Crippen molar-refractivity contribution >= 4 is 39.1 Å². The van der Waals surface area contributed by atoms with E-state index < -0.39 is 0 Å². The monoisotopic (exact) mass is 399 g/mol. The SMILES string of the molecule is CCOC(=O)C1CCN(C(=O)c2cc3c(=O)n4cccc(C)c4nc3s2)CC1. The molecule has 1 saturated heterocycles. The van der Waals surface area contributed by atoms with E-state index in [1.165, 1.54) is 15.7 Å². The zero-order valence-electron chi connectivity index (χ0n) is 15.8. The minimum atomic E-state index is -0.184. The van der Waals surface area contributed by atoms with Gasteiger partial charge < -0.3 is 9.64 Å². The maximum atomic E-state index is 12.9. The highest BCUT2D eigenvalue weighted by molar-refractivity contribution is 7.20. The molecule has 1 amide bonds. The molecule has 3 aromatic rings. The van der Waals surface area contributed by atoms with Crippen molar-refractivity contribution in [3.05, 3.63) is 45.2 Å². The lowest BCUT2D eigenvalue weighted by molar-refractivity contribution is -0.149. The Morgan fingerprint density at radius 2 is 2.07 bits per heavy atom. The highest BCUT2D eigenvalue weighted by atomic mass is 32.1. The van der Waals surface area contributed by atoms with Gasteiger partial charge in [0.2, 0.25) is 0 Å². The van der Waals surface area contributed by atoms with Gasteiger partial charge in [-0.15, -0.1) is 11.3 Å². The second-order valence-electron chi connectivity index (χ2n) is 6.95. The first-order valence-electron chi connectivity index (χ1n) is 9.37. The third kappa shape index (κ3) is 3.17. The molecule has 146 valence electrons. The predicted octanol–water partition coefficient (Wildman–Crippen LogP) is 2.63. The summed E-state index contributed by atoms with van der Waals surface area (Å²) in [4.78, 5) is 45.0. The Kier molecular flexibility index (Phi) is 4.89. The van der Waals surface area contributed by atoms with E-state index in [2.05, 4.69) is 4.98 Å². The standard InChI is InChI=1S/C20H21N3O4S/c1-3-27-20(26)13-6-9-22(10-7-13)19(25)15-11-14-17(28-15)21-16-12(2)5-4-8-23(16)18(14)24/h4-5,8,11,13H,3,6-7,9-10H2,1-2H3. The number of ether oxygens (including phenoxy) is 1. The maximum absolute atomic E-state index is 12.9. The average Bonchev–Trinajstić information content (AvgIpc) is 3.13. The number of aryl methyl sites for hydroxylation is 1. The van der Waals surface area contributed by atoms with Gasteiger partial charge in [0.05, 0.1) is 22.8 Å². The van der Waals surface area contributed by atoms with E-state index in [1.54, 1.807) is 24.1 Å². The second kappa shape index (κ2) is 7.35. The van der Waals surface area contributed by atoms with Crippen LogP contribution in [0.4, 0.5) is 0 Å². The number of likely N-dealkylation sites (tertiary alicyclic amines) is 1. The van der Waals surface area contributed by atoms with Crippen LogP contribution in [0.3, 0.4) is 0 Å². The van der Waals surface area contributed by atoms with Crippen molar-refractivity contribution in [2.45, 2.75) is 26.7 Å². The van der Waals surface area contributed by atoms with Gasteiger partial charge in [0.1, 0.15) is 10.5 Å².